The molecule has 2 N–H and O–H groups in total. The first-order valence-corrected chi connectivity index (χ1v) is 13.5. The molecule has 1 saturated heterocycles. The van der Waals surface area contributed by atoms with Gasteiger partial charge in [-0.1, -0.05) is 18.5 Å². The minimum atomic E-state index is -4.69. The van der Waals surface area contributed by atoms with Crippen LogP contribution in [0, 0.1) is 5.92 Å². The highest BCUT2D eigenvalue weighted by Gasteiger charge is 2.34. The summed E-state index contributed by atoms with van der Waals surface area (Å²) >= 11 is 6.62. The van der Waals surface area contributed by atoms with E-state index in [9.17, 15) is 22.8 Å². The van der Waals surface area contributed by atoms with E-state index in [0.717, 1.165) is 50.0 Å². The van der Waals surface area contributed by atoms with Crippen LogP contribution in [0.5, 0.6) is 0 Å². The van der Waals surface area contributed by atoms with Crippen molar-refractivity contribution >= 4 is 46.3 Å². The third kappa shape index (κ3) is 7.70. The van der Waals surface area contributed by atoms with Crippen molar-refractivity contribution in [1.29, 1.82) is 0 Å². The molecule has 0 radical (unpaired) electrons. The third-order valence-corrected chi connectivity index (χ3v) is 7.95. The lowest BCUT2D eigenvalue weighted by molar-refractivity contribution is -0.137. The molecule has 1 amide bonds. The Hall–Kier alpha value is -3.16. The fourth-order valence-electron chi connectivity index (χ4n) is 4.11. The number of hydrogen-bond acceptors (Lipinski definition) is 9. The predicted octanol–water partition coefficient (Wildman–Crippen LogP) is 5.38. The maximum atomic E-state index is 13.1. The van der Waals surface area contributed by atoms with Crippen LogP contribution in [0.2, 0.25) is 5.02 Å². The molecule has 1 unspecified atom stereocenters. The van der Waals surface area contributed by atoms with E-state index < -0.39 is 22.7 Å². The van der Waals surface area contributed by atoms with Crippen LogP contribution < -0.4 is 10.6 Å². The van der Waals surface area contributed by atoms with Crippen LogP contribution in [0.4, 0.5) is 24.8 Å². The van der Waals surface area contributed by atoms with Crippen LogP contribution in [0.3, 0.4) is 0 Å². The summed E-state index contributed by atoms with van der Waals surface area (Å²) in [5.41, 5.74) is -0.817. The van der Waals surface area contributed by atoms with Gasteiger partial charge in [0.25, 0.3) is 5.91 Å². The van der Waals surface area contributed by atoms with Crippen molar-refractivity contribution < 1.29 is 22.8 Å². The maximum absolute atomic E-state index is 13.1. The van der Waals surface area contributed by atoms with Gasteiger partial charge in [-0.3, -0.25) is 9.59 Å². The van der Waals surface area contributed by atoms with Crippen LogP contribution in [-0.2, 0) is 6.18 Å². The number of nitrogens with zero attached hydrogens (tertiary/aromatic N) is 5. The molecule has 208 valence electrons. The number of piperidine rings is 1. The zero-order chi connectivity index (χ0) is 28.2. The van der Waals surface area contributed by atoms with Gasteiger partial charge in [0.15, 0.2) is 5.78 Å². The number of thiazole rings is 1. The molecule has 4 rings (SSSR count). The summed E-state index contributed by atoms with van der Waals surface area (Å²) in [4.78, 5) is 44.3. The molecule has 1 aliphatic rings. The van der Waals surface area contributed by atoms with Crippen LogP contribution >= 0.6 is 22.9 Å². The summed E-state index contributed by atoms with van der Waals surface area (Å²) < 4.78 is 39.3. The van der Waals surface area contributed by atoms with E-state index in [1.807, 2.05) is 0 Å². The summed E-state index contributed by atoms with van der Waals surface area (Å²) in [5, 5.41) is 5.60. The molecule has 0 aliphatic carbocycles. The quantitative estimate of drug-likeness (QED) is 0.324. The first-order chi connectivity index (χ1) is 18.5. The highest BCUT2D eigenvalue weighted by molar-refractivity contribution is 7.13. The number of pyridine rings is 1. The second-order valence-corrected chi connectivity index (χ2v) is 11.0. The third-order valence-electron chi connectivity index (χ3n) is 6.43. The number of rotatable bonds is 9. The van der Waals surface area contributed by atoms with Gasteiger partial charge in [0.1, 0.15) is 28.5 Å². The van der Waals surface area contributed by atoms with Crippen LogP contribution in [0.15, 0.2) is 30.9 Å². The minimum Gasteiger partial charge on any atom is -0.370 e. The number of Topliss-reactive ketones (excluding diaryl/α,β-unsaturated/α-hetero) is 1. The molecule has 39 heavy (non-hydrogen) atoms. The van der Waals surface area contributed by atoms with Gasteiger partial charge in [0.05, 0.1) is 21.8 Å². The minimum absolute atomic E-state index is 0.105. The number of amides is 1. The number of aromatic nitrogens is 4. The number of alkyl halides is 3. The summed E-state index contributed by atoms with van der Waals surface area (Å²) in [6.07, 6.45) is 1.13. The lowest BCUT2D eigenvalue weighted by Crippen LogP contribution is -2.33. The van der Waals surface area contributed by atoms with Crippen LogP contribution in [-0.4, -0.2) is 63.2 Å². The molecule has 1 atom stereocenters. The van der Waals surface area contributed by atoms with Crippen LogP contribution in [0.25, 0.3) is 0 Å². The summed E-state index contributed by atoms with van der Waals surface area (Å²) in [6.45, 7) is 4.71. The number of carbonyl (C=O) groups excluding carboxylic acids is 2. The average Bonchev–Trinajstić information content (AvgIpc) is 3.40. The molecule has 1 aliphatic heterocycles. The van der Waals surface area contributed by atoms with E-state index in [-0.39, 0.29) is 34.5 Å². The number of nitrogens with one attached hydrogen (secondary N) is 2. The van der Waals surface area contributed by atoms with Gasteiger partial charge in [-0.15, -0.1) is 11.3 Å². The van der Waals surface area contributed by atoms with Gasteiger partial charge >= 0.3 is 6.18 Å². The van der Waals surface area contributed by atoms with Crippen molar-refractivity contribution in [2.75, 3.05) is 37.3 Å². The molecule has 4 heterocycles. The lowest BCUT2D eigenvalue weighted by Gasteiger charge is -2.29. The SMILES string of the molecule is CC(CC(=O)c1cc(NCC2CCN(C)CC2)ncn1)c1ncc(C(=O)Nc2cc(C(F)(F)F)c(Cl)cn2)s1. The Morgan fingerprint density at radius 1 is 1.13 bits per heavy atom. The number of anilines is 2. The second kappa shape index (κ2) is 12.3. The Labute approximate surface area is 232 Å². The van der Waals surface area contributed by atoms with Crippen molar-refractivity contribution in [3.8, 4) is 0 Å². The molecule has 0 bridgehead atoms. The topological polar surface area (TPSA) is 113 Å². The number of halogens is 4. The first kappa shape index (κ1) is 28.8. The van der Waals surface area contributed by atoms with Gasteiger partial charge in [0, 0.05) is 31.1 Å². The highest BCUT2D eigenvalue weighted by atomic mass is 35.5. The zero-order valence-corrected chi connectivity index (χ0v) is 22.8. The van der Waals surface area contributed by atoms with E-state index in [4.69, 9.17) is 11.6 Å². The number of carbonyl (C=O) groups is 2. The van der Waals surface area contributed by atoms with Crippen LogP contribution in [0.1, 0.15) is 62.8 Å². The van der Waals surface area contributed by atoms with Gasteiger partial charge in [-0.25, -0.2) is 19.9 Å². The van der Waals surface area contributed by atoms with Gasteiger partial charge in [-0.05, 0) is 45.0 Å². The molecule has 0 saturated carbocycles. The summed E-state index contributed by atoms with van der Waals surface area (Å²) in [7, 11) is 2.11. The van der Waals surface area contributed by atoms with E-state index >= 15 is 0 Å². The summed E-state index contributed by atoms with van der Waals surface area (Å²) in [5.74, 6) is -0.333. The van der Waals surface area contributed by atoms with E-state index in [1.165, 1.54) is 12.5 Å². The molecular weight excluding hydrogens is 555 g/mol. The van der Waals surface area contributed by atoms with Gasteiger partial charge < -0.3 is 15.5 Å². The summed E-state index contributed by atoms with van der Waals surface area (Å²) in [6, 6.07) is 2.31. The fourth-order valence-corrected chi connectivity index (χ4v) is 5.19. The van der Waals surface area contributed by atoms with Crippen molar-refractivity contribution in [3.05, 3.63) is 57.0 Å². The Kier molecular flexibility index (Phi) is 9.13. The number of hydrogen-bond donors (Lipinski definition) is 2. The van der Waals surface area contributed by atoms with Gasteiger partial charge in [0.2, 0.25) is 0 Å². The van der Waals surface area contributed by atoms with Gasteiger partial charge in [-0.2, -0.15) is 13.2 Å². The molecule has 0 aromatic carbocycles. The van der Waals surface area contributed by atoms with E-state index in [1.54, 1.807) is 13.0 Å². The number of likely N-dealkylation sites (tertiary alicyclic amines) is 1. The average molecular weight is 582 g/mol. The number of ketones is 1. The fraction of sp³-hybridized carbons (Fsp3) is 0.440. The Bertz CT molecular complexity index is 1330. The lowest BCUT2D eigenvalue weighted by atomic mass is 9.97. The van der Waals surface area contributed by atoms with Crippen molar-refractivity contribution in [2.45, 2.75) is 38.3 Å². The highest BCUT2D eigenvalue weighted by Crippen LogP contribution is 2.35. The first-order valence-electron chi connectivity index (χ1n) is 12.3. The zero-order valence-electron chi connectivity index (χ0n) is 21.3. The monoisotopic (exact) mass is 581 g/mol. The van der Waals surface area contributed by atoms with E-state index in [0.29, 0.717) is 22.8 Å². The van der Waals surface area contributed by atoms with Crippen molar-refractivity contribution in [3.63, 3.8) is 0 Å². The Balaban J connectivity index is 1.33. The molecule has 1 fully saturated rings. The molecule has 3 aromatic heterocycles. The Morgan fingerprint density at radius 3 is 2.59 bits per heavy atom. The molecular formula is C25H27ClF3N7O2S. The van der Waals surface area contributed by atoms with E-state index in [2.05, 4.69) is 42.5 Å². The molecule has 14 heteroatoms. The largest absolute Gasteiger partial charge is 0.418 e. The van der Waals surface area contributed by atoms with Crippen molar-refractivity contribution in [1.82, 2.24) is 24.8 Å². The predicted molar refractivity (Wildman–Crippen MR) is 142 cm³/mol. The molecule has 0 spiro atoms. The smallest absolute Gasteiger partial charge is 0.370 e. The van der Waals surface area contributed by atoms with Crippen molar-refractivity contribution in [2.24, 2.45) is 5.92 Å². The Morgan fingerprint density at radius 2 is 1.87 bits per heavy atom. The molecule has 9 nitrogen and oxygen atoms in total. The normalized spacial score (nSPS) is 15.6. The standard InChI is InChI=1S/C25H27ClF3N7O2S/c1-14(7-19(37)18-9-21(34-13-33-18)30-10-15-3-5-36(2)6-4-15)24-32-12-20(39-24)23(38)35-22-8-16(25(27,28)29)17(26)11-31-22/h8-9,11-15H,3-7,10H2,1-2H3,(H,30,33,34)(H,31,35,38). The maximum Gasteiger partial charge on any atom is 0.418 e. The molecule has 3 aromatic rings. The second-order valence-electron chi connectivity index (χ2n) is 9.51.